The molecular weight excluding hydrogens is 335 g/mol. The number of nitrogens with one attached hydrogen (secondary N) is 1. The van der Waals surface area contributed by atoms with Gasteiger partial charge in [-0.3, -0.25) is 9.48 Å². The second kappa shape index (κ2) is 6.73. The van der Waals surface area contributed by atoms with Crippen LogP contribution in [0.15, 0.2) is 24.4 Å². The number of rotatable bonds is 3. The van der Waals surface area contributed by atoms with Gasteiger partial charge in [-0.25, -0.2) is 4.98 Å². The first-order valence-electron chi connectivity index (χ1n) is 7.91. The van der Waals surface area contributed by atoms with Crippen molar-refractivity contribution in [3.8, 4) is 0 Å². The van der Waals surface area contributed by atoms with E-state index in [0.29, 0.717) is 25.3 Å². The molecule has 0 bridgehead atoms. The van der Waals surface area contributed by atoms with Gasteiger partial charge in [-0.2, -0.15) is 18.3 Å². The third kappa shape index (κ3) is 4.09. The van der Waals surface area contributed by atoms with Crippen LogP contribution < -0.4 is 5.32 Å². The number of alkyl halides is 3. The number of hydrogen-bond donors (Lipinski definition) is 1. The zero-order valence-corrected chi connectivity index (χ0v) is 13.7. The molecule has 3 heterocycles. The predicted molar refractivity (Wildman–Crippen MR) is 84.5 cm³/mol. The Hall–Kier alpha value is -2.58. The number of carbonyl (C=O) groups is 1. The molecule has 1 N–H and O–H groups in total. The smallest absolute Gasteiger partial charge is 0.364 e. The molecule has 0 spiro atoms. The molecule has 0 aromatic carbocycles. The van der Waals surface area contributed by atoms with Crippen LogP contribution in [0.25, 0.3) is 0 Å². The van der Waals surface area contributed by atoms with Crippen LogP contribution in [0, 0.1) is 0 Å². The molecule has 0 atom stereocenters. The van der Waals surface area contributed by atoms with Gasteiger partial charge in [-0.15, -0.1) is 0 Å². The Morgan fingerprint density at radius 2 is 2.12 bits per heavy atom. The molecule has 2 aromatic heterocycles. The van der Waals surface area contributed by atoms with E-state index in [1.165, 1.54) is 6.92 Å². The first-order valence-corrected chi connectivity index (χ1v) is 7.91. The SMILES string of the molecule is CC(=O)N1CCCn2nc(CNc3cc(C(F)(F)F)ccn3)cc2C1. The molecule has 1 aliphatic heterocycles. The summed E-state index contributed by atoms with van der Waals surface area (Å²) in [5, 5.41) is 7.32. The third-order valence-corrected chi connectivity index (χ3v) is 4.05. The average Bonchev–Trinajstić information content (AvgIpc) is 2.82. The van der Waals surface area contributed by atoms with Gasteiger partial charge in [0.15, 0.2) is 0 Å². The summed E-state index contributed by atoms with van der Waals surface area (Å²) in [6.45, 7) is 3.69. The van der Waals surface area contributed by atoms with Crippen LogP contribution in [-0.2, 0) is 30.6 Å². The highest BCUT2D eigenvalue weighted by molar-refractivity contribution is 5.73. The van der Waals surface area contributed by atoms with Crippen molar-refractivity contribution in [2.45, 2.75) is 39.2 Å². The number of halogens is 3. The summed E-state index contributed by atoms with van der Waals surface area (Å²) in [6.07, 6.45) is -2.46. The number of carbonyl (C=O) groups excluding carboxylic acids is 1. The Kier molecular flexibility index (Phi) is 4.65. The van der Waals surface area contributed by atoms with E-state index in [0.717, 1.165) is 30.4 Å². The lowest BCUT2D eigenvalue weighted by molar-refractivity contribution is -0.137. The lowest BCUT2D eigenvalue weighted by Crippen LogP contribution is -2.28. The summed E-state index contributed by atoms with van der Waals surface area (Å²) in [6, 6.07) is 3.76. The number of nitrogens with zero attached hydrogens (tertiary/aromatic N) is 4. The Morgan fingerprint density at radius 3 is 2.84 bits per heavy atom. The van der Waals surface area contributed by atoms with Crippen LogP contribution in [0.4, 0.5) is 19.0 Å². The van der Waals surface area contributed by atoms with E-state index in [9.17, 15) is 18.0 Å². The van der Waals surface area contributed by atoms with E-state index in [4.69, 9.17) is 0 Å². The molecule has 6 nitrogen and oxygen atoms in total. The largest absolute Gasteiger partial charge is 0.416 e. The Bertz CT molecular complexity index is 771. The normalized spacial score (nSPS) is 14.8. The standard InChI is InChI=1S/C16H18F3N5O/c1-11(25)23-5-2-6-24-14(10-23)8-13(22-24)9-21-15-7-12(3-4-20-15)16(17,18)19/h3-4,7-8H,2,5-6,9-10H2,1H3,(H,20,21). The van der Waals surface area contributed by atoms with Crippen molar-refractivity contribution in [1.29, 1.82) is 0 Å². The second-order valence-corrected chi connectivity index (χ2v) is 5.93. The van der Waals surface area contributed by atoms with Gasteiger partial charge in [-0.1, -0.05) is 0 Å². The van der Waals surface area contributed by atoms with E-state index in [-0.39, 0.29) is 18.3 Å². The minimum Gasteiger partial charge on any atom is -0.364 e. The maximum absolute atomic E-state index is 12.7. The molecular formula is C16H18F3N5O. The minimum absolute atomic E-state index is 0.0162. The van der Waals surface area contributed by atoms with Crippen molar-refractivity contribution < 1.29 is 18.0 Å². The molecule has 0 radical (unpaired) electrons. The van der Waals surface area contributed by atoms with Crippen molar-refractivity contribution in [3.05, 3.63) is 41.3 Å². The third-order valence-electron chi connectivity index (χ3n) is 4.05. The maximum atomic E-state index is 12.7. The summed E-state index contributed by atoms with van der Waals surface area (Å²) < 4.78 is 40.0. The van der Waals surface area contributed by atoms with E-state index in [1.54, 1.807) is 4.90 Å². The molecule has 1 aliphatic rings. The fourth-order valence-corrected chi connectivity index (χ4v) is 2.76. The van der Waals surface area contributed by atoms with Crippen LogP contribution in [0.1, 0.15) is 30.3 Å². The minimum atomic E-state index is -4.40. The van der Waals surface area contributed by atoms with Crippen LogP contribution >= 0.6 is 0 Å². The van der Waals surface area contributed by atoms with Crippen LogP contribution in [0.2, 0.25) is 0 Å². The summed E-state index contributed by atoms with van der Waals surface area (Å²) >= 11 is 0. The van der Waals surface area contributed by atoms with Gasteiger partial charge >= 0.3 is 6.18 Å². The molecule has 0 saturated carbocycles. The number of anilines is 1. The van der Waals surface area contributed by atoms with Gasteiger partial charge in [0.05, 0.1) is 30.0 Å². The molecule has 0 saturated heterocycles. The highest BCUT2D eigenvalue weighted by Gasteiger charge is 2.30. The highest BCUT2D eigenvalue weighted by Crippen LogP contribution is 2.30. The lowest BCUT2D eigenvalue weighted by Gasteiger charge is -2.17. The Balaban J connectivity index is 1.69. The molecule has 1 amide bonds. The zero-order chi connectivity index (χ0) is 18.0. The zero-order valence-electron chi connectivity index (χ0n) is 13.7. The number of pyridine rings is 1. The molecule has 0 aliphatic carbocycles. The topological polar surface area (TPSA) is 63.1 Å². The summed E-state index contributed by atoms with van der Waals surface area (Å²) in [5.41, 5.74) is 0.865. The number of aryl methyl sites for hydroxylation is 1. The number of aromatic nitrogens is 3. The van der Waals surface area contributed by atoms with E-state index < -0.39 is 11.7 Å². The molecule has 3 rings (SSSR count). The molecule has 9 heteroatoms. The van der Waals surface area contributed by atoms with Crippen molar-refractivity contribution in [3.63, 3.8) is 0 Å². The fraction of sp³-hybridized carbons (Fsp3) is 0.438. The van der Waals surface area contributed by atoms with E-state index >= 15 is 0 Å². The first-order chi connectivity index (χ1) is 11.8. The van der Waals surface area contributed by atoms with Crippen molar-refractivity contribution in [1.82, 2.24) is 19.7 Å². The van der Waals surface area contributed by atoms with E-state index in [2.05, 4.69) is 15.4 Å². The van der Waals surface area contributed by atoms with Crippen molar-refractivity contribution in [2.75, 3.05) is 11.9 Å². The van der Waals surface area contributed by atoms with Crippen LogP contribution in [0.5, 0.6) is 0 Å². The van der Waals surface area contributed by atoms with Gasteiger partial charge in [0.1, 0.15) is 5.82 Å². The van der Waals surface area contributed by atoms with Crippen molar-refractivity contribution in [2.24, 2.45) is 0 Å². The second-order valence-electron chi connectivity index (χ2n) is 5.93. The van der Waals surface area contributed by atoms with E-state index in [1.807, 2.05) is 10.7 Å². The Labute approximate surface area is 142 Å². The quantitative estimate of drug-likeness (QED) is 0.922. The van der Waals surface area contributed by atoms with Crippen molar-refractivity contribution >= 4 is 11.7 Å². The lowest BCUT2D eigenvalue weighted by atomic mass is 10.2. The molecule has 134 valence electrons. The van der Waals surface area contributed by atoms with Crippen LogP contribution in [-0.4, -0.2) is 32.1 Å². The average molecular weight is 353 g/mol. The number of amides is 1. The highest BCUT2D eigenvalue weighted by atomic mass is 19.4. The maximum Gasteiger partial charge on any atom is 0.416 e. The Morgan fingerprint density at radius 1 is 1.32 bits per heavy atom. The molecule has 0 fully saturated rings. The van der Waals surface area contributed by atoms with Gasteiger partial charge in [0.25, 0.3) is 0 Å². The number of fused-ring (bicyclic) bond motifs is 1. The first kappa shape index (κ1) is 17.2. The van der Waals surface area contributed by atoms with Gasteiger partial charge in [0, 0.05) is 26.2 Å². The summed E-state index contributed by atoms with van der Waals surface area (Å²) in [7, 11) is 0. The molecule has 0 unspecified atom stereocenters. The number of hydrogen-bond acceptors (Lipinski definition) is 4. The summed E-state index contributed by atoms with van der Waals surface area (Å²) in [5.74, 6) is 0.158. The molecule has 2 aromatic rings. The van der Waals surface area contributed by atoms with Gasteiger partial charge in [0.2, 0.25) is 5.91 Å². The molecule has 25 heavy (non-hydrogen) atoms. The van der Waals surface area contributed by atoms with Gasteiger partial charge in [-0.05, 0) is 24.6 Å². The van der Waals surface area contributed by atoms with Gasteiger partial charge < -0.3 is 10.2 Å². The van der Waals surface area contributed by atoms with Crippen LogP contribution in [0.3, 0.4) is 0 Å². The predicted octanol–water partition coefficient (Wildman–Crippen LogP) is 2.66. The summed E-state index contributed by atoms with van der Waals surface area (Å²) in [4.78, 5) is 17.2. The fourth-order valence-electron chi connectivity index (χ4n) is 2.76. The monoisotopic (exact) mass is 353 g/mol.